The standard InChI is InChI=1S/C38H63N3O.C8H8O2.C3H6.C2H6.CH3F/c1-27-9-11-28(12-10-27)30-15-19-37(5)33(35(30,2)3)17-20-36(4)31-16-21-38(40-23-25-41(26-42)24-22-39-6)18-7-8-32(38)29(31)13-14-34(36)37;9-7-10-6-8-4-2-1-3-5-8;1-3-2;2*1-2/h11,15,26-27,29,31-34,39-40H,7-10,12-14,16-25H2,1-6H3;1-5,7H,6H2;3H,1H2,2H3;1-2H3;1H3. The quantitative estimate of drug-likeness (QED) is 0.162. The molecule has 0 bridgehead atoms. The number of hydrogen-bond donors (Lipinski definition) is 2. The first-order chi connectivity index (χ1) is 28.4. The second-order valence-corrected chi connectivity index (χ2v) is 19.3. The van der Waals surface area contributed by atoms with Crippen molar-refractivity contribution in [1.82, 2.24) is 15.5 Å². The molecule has 0 spiro atoms. The van der Waals surface area contributed by atoms with Gasteiger partial charge in [0.25, 0.3) is 6.47 Å². The number of fused-ring (bicyclic) bond motifs is 7. The molecule has 0 radical (unpaired) electrons. The van der Waals surface area contributed by atoms with Crippen molar-refractivity contribution >= 4 is 12.9 Å². The number of ether oxygens (including phenoxy) is 1. The summed E-state index contributed by atoms with van der Waals surface area (Å²) >= 11 is 0. The first-order valence-corrected chi connectivity index (χ1v) is 23.5. The van der Waals surface area contributed by atoms with Crippen molar-refractivity contribution in [2.24, 2.45) is 51.8 Å². The van der Waals surface area contributed by atoms with Gasteiger partial charge in [0, 0.05) is 31.7 Å². The number of nitrogens with zero attached hydrogens (tertiary/aromatic N) is 1. The van der Waals surface area contributed by atoms with Crippen LogP contribution in [0.25, 0.3) is 0 Å². The molecule has 6 aliphatic carbocycles. The van der Waals surface area contributed by atoms with Gasteiger partial charge in [0.15, 0.2) is 0 Å². The summed E-state index contributed by atoms with van der Waals surface area (Å²) in [5, 5.41) is 7.31. The van der Waals surface area contributed by atoms with Gasteiger partial charge in [-0.3, -0.25) is 14.0 Å². The summed E-state index contributed by atoms with van der Waals surface area (Å²) in [4.78, 5) is 23.3. The van der Waals surface area contributed by atoms with Gasteiger partial charge in [-0.2, -0.15) is 0 Å². The Kier molecular flexibility index (Phi) is 20.6. The summed E-state index contributed by atoms with van der Waals surface area (Å²) in [6, 6.07) is 9.55. The Balaban J connectivity index is 0.000000464. The molecule has 9 atom stereocenters. The Morgan fingerprint density at radius 1 is 0.864 bits per heavy atom. The second kappa shape index (κ2) is 24.0. The minimum absolute atomic E-state index is 0.289. The maximum absolute atomic E-state index is 11.6. The van der Waals surface area contributed by atoms with E-state index < -0.39 is 0 Å². The van der Waals surface area contributed by atoms with Crippen LogP contribution < -0.4 is 10.6 Å². The van der Waals surface area contributed by atoms with E-state index in [1.54, 1.807) is 17.2 Å². The number of allylic oxidation sites excluding steroid dienone is 5. The lowest BCUT2D eigenvalue weighted by Gasteiger charge is -2.68. The van der Waals surface area contributed by atoms with E-state index in [0.29, 0.717) is 36.6 Å². The van der Waals surface area contributed by atoms with Crippen molar-refractivity contribution < 1.29 is 18.7 Å². The largest absolute Gasteiger partial charge is 0.463 e. The molecular formula is C52H86FN3O3. The average molecular weight is 820 g/mol. The van der Waals surface area contributed by atoms with E-state index in [1.807, 2.05) is 63.1 Å². The molecule has 7 rings (SSSR count). The minimum atomic E-state index is 0.289. The molecule has 4 fully saturated rings. The number of benzene rings is 1. The number of alkyl halides is 1. The first-order valence-electron chi connectivity index (χ1n) is 23.5. The summed E-state index contributed by atoms with van der Waals surface area (Å²) < 4.78 is 14.0. The van der Waals surface area contributed by atoms with Crippen LogP contribution in [-0.4, -0.2) is 63.7 Å². The molecule has 2 N–H and O–H groups in total. The van der Waals surface area contributed by atoms with Crippen molar-refractivity contribution in [2.45, 2.75) is 151 Å². The number of halogens is 1. The SMILES string of the molecule is C=CC.CC.CF.CNCCN(C=O)CCNC12CCCC1C1CCC3C(C)(CCC4C(C)(C)C(C5=CCC(C)CC5)=CCC43C)C1CC2.O=COCc1ccccc1. The highest BCUT2D eigenvalue weighted by Gasteiger charge is 2.65. The van der Waals surface area contributed by atoms with Crippen LogP contribution in [0.15, 0.2) is 66.3 Å². The van der Waals surface area contributed by atoms with Gasteiger partial charge >= 0.3 is 0 Å². The molecule has 6 aliphatic rings. The van der Waals surface area contributed by atoms with Crippen molar-refractivity contribution in [3.05, 3.63) is 71.8 Å². The summed E-state index contributed by atoms with van der Waals surface area (Å²) in [6.45, 7) is 26.7. The third-order valence-electron chi connectivity index (χ3n) is 15.9. The van der Waals surface area contributed by atoms with E-state index in [-0.39, 0.29) is 5.41 Å². The predicted molar refractivity (Wildman–Crippen MR) is 247 cm³/mol. The van der Waals surface area contributed by atoms with Gasteiger partial charge in [0.2, 0.25) is 6.41 Å². The highest BCUT2D eigenvalue weighted by molar-refractivity contribution is 5.47. The fourth-order valence-corrected chi connectivity index (χ4v) is 13.5. The van der Waals surface area contributed by atoms with Crippen LogP contribution in [0.1, 0.15) is 144 Å². The molecule has 9 unspecified atom stereocenters. The lowest BCUT2D eigenvalue weighted by atomic mass is 9.37. The maximum Gasteiger partial charge on any atom is 0.293 e. The topological polar surface area (TPSA) is 70.7 Å². The molecular weight excluding hydrogens is 734 g/mol. The zero-order chi connectivity index (χ0) is 43.7. The van der Waals surface area contributed by atoms with Crippen LogP contribution in [0.4, 0.5) is 4.39 Å². The highest BCUT2D eigenvalue weighted by Crippen LogP contribution is 2.72. The highest BCUT2D eigenvalue weighted by atomic mass is 19.1. The summed E-state index contributed by atoms with van der Waals surface area (Å²) in [7, 11) is 2.46. The third kappa shape index (κ3) is 11.6. The first kappa shape index (κ1) is 50.6. The zero-order valence-corrected chi connectivity index (χ0v) is 39.2. The Bertz CT molecular complexity index is 1480. The zero-order valence-electron chi connectivity index (χ0n) is 39.2. The van der Waals surface area contributed by atoms with Gasteiger partial charge in [-0.15, -0.1) is 6.58 Å². The van der Waals surface area contributed by atoms with E-state index in [9.17, 15) is 14.0 Å². The van der Waals surface area contributed by atoms with Crippen molar-refractivity contribution in [3.63, 3.8) is 0 Å². The molecule has 1 amide bonds. The number of amides is 1. The molecule has 0 saturated heterocycles. The lowest BCUT2D eigenvalue weighted by molar-refractivity contribution is -0.175. The number of hydrogen-bond acceptors (Lipinski definition) is 5. The van der Waals surface area contributed by atoms with Crippen LogP contribution in [0.5, 0.6) is 0 Å². The molecule has 0 aromatic heterocycles. The molecule has 0 heterocycles. The molecule has 6 nitrogen and oxygen atoms in total. The van der Waals surface area contributed by atoms with Gasteiger partial charge in [-0.25, -0.2) is 0 Å². The molecule has 1 aromatic rings. The Hall–Kier alpha value is -2.77. The number of carbonyl (C=O) groups excluding carboxylic acids is 2. The van der Waals surface area contributed by atoms with Crippen LogP contribution in [-0.2, 0) is 20.9 Å². The smallest absolute Gasteiger partial charge is 0.293 e. The number of rotatable bonds is 12. The number of carbonyl (C=O) groups is 2. The second-order valence-electron chi connectivity index (χ2n) is 19.3. The van der Waals surface area contributed by atoms with Crippen LogP contribution >= 0.6 is 0 Å². The lowest BCUT2D eigenvalue weighted by Crippen LogP contribution is -2.64. The van der Waals surface area contributed by atoms with E-state index in [2.05, 4.69) is 68.7 Å². The number of likely N-dealkylation sites (N-methyl/N-ethyl adjacent to an activating group) is 1. The Morgan fingerprint density at radius 3 is 2.19 bits per heavy atom. The van der Waals surface area contributed by atoms with Crippen LogP contribution in [0.3, 0.4) is 0 Å². The van der Waals surface area contributed by atoms with Crippen molar-refractivity contribution in [3.8, 4) is 0 Å². The summed E-state index contributed by atoms with van der Waals surface area (Å²) in [5.74, 6) is 5.13. The molecule has 1 aromatic carbocycles. The summed E-state index contributed by atoms with van der Waals surface area (Å²) in [6.07, 6.45) is 26.1. The Morgan fingerprint density at radius 2 is 1.56 bits per heavy atom. The monoisotopic (exact) mass is 820 g/mol. The average Bonchev–Trinajstić information content (AvgIpc) is 3.68. The normalized spacial score (nSPS) is 33.3. The van der Waals surface area contributed by atoms with Gasteiger partial charge in [-0.1, -0.05) is 103 Å². The molecule has 7 heteroatoms. The maximum atomic E-state index is 11.6. The fraction of sp³-hybridized carbons (Fsp3) is 0.731. The van der Waals surface area contributed by atoms with E-state index >= 15 is 0 Å². The molecule has 4 saturated carbocycles. The van der Waals surface area contributed by atoms with Crippen LogP contribution in [0, 0.1) is 51.8 Å². The van der Waals surface area contributed by atoms with Gasteiger partial charge in [0.05, 0.1) is 7.18 Å². The van der Waals surface area contributed by atoms with Crippen molar-refractivity contribution in [2.75, 3.05) is 40.4 Å². The molecule has 59 heavy (non-hydrogen) atoms. The third-order valence-corrected chi connectivity index (χ3v) is 15.9. The van der Waals surface area contributed by atoms with Gasteiger partial charge in [-0.05, 0) is 159 Å². The fourth-order valence-electron chi connectivity index (χ4n) is 13.5. The minimum Gasteiger partial charge on any atom is -0.463 e. The Labute approximate surface area is 361 Å². The van der Waals surface area contributed by atoms with E-state index in [4.69, 9.17) is 0 Å². The van der Waals surface area contributed by atoms with Gasteiger partial charge in [0.1, 0.15) is 6.61 Å². The van der Waals surface area contributed by atoms with E-state index in [1.165, 1.54) is 83.5 Å². The predicted octanol–water partition coefficient (Wildman–Crippen LogP) is 11.9. The molecule has 0 aliphatic heterocycles. The van der Waals surface area contributed by atoms with Crippen molar-refractivity contribution in [1.29, 1.82) is 0 Å². The number of nitrogens with one attached hydrogen (secondary N) is 2. The van der Waals surface area contributed by atoms with Crippen LogP contribution in [0.2, 0.25) is 0 Å². The summed E-state index contributed by atoms with van der Waals surface area (Å²) in [5.41, 5.74) is 5.97. The van der Waals surface area contributed by atoms with E-state index in [0.717, 1.165) is 73.7 Å². The van der Waals surface area contributed by atoms with Gasteiger partial charge < -0.3 is 20.3 Å². The molecule has 334 valence electrons.